The monoisotopic (exact) mass is 290 g/mol. The standard InChI is InChI=1S/C13H17F3N2O2/c14-13(15,16)12-2-1-10(5-9(12)6-17)18-3-4-20-8-11(18)7-19/h1-2,5,11,19H,3-4,6-8,17H2. The molecule has 0 spiro atoms. The number of morpholine rings is 1. The molecule has 3 N–H and O–H groups in total. The third-order valence-electron chi connectivity index (χ3n) is 3.38. The molecule has 1 saturated heterocycles. The summed E-state index contributed by atoms with van der Waals surface area (Å²) >= 11 is 0. The summed E-state index contributed by atoms with van der Waals surface area (Å²) in [5.74, 6) is 0. The summed E-state index contributed by atoms with van der Waals surface area (Å²) in [5.41, 5.74) is 5.39. The molecule has 1 aromatic carbocycles. The summed E-state index contributed by atoms with van der Waals surface area (Å²) in [4.78, 5) is 1.85. The van der Waals surface area contributed by atoms with Gasteiger partial charge in [-0.15, -0.1) is 0 Å². The van der Waals surface area contributed by atoms with Crippen LogP contribution >= 0.6 is 0 Å². The highest BCUT2D eigenvalue weighted by Crippen LogP contribution is 2.34. The minimum Gasteiger partial charge on any atom is -0.394 e. The van der Waals surface area contributed by atoms with Gasteiger partial charge in [0.25, 0.3) is 0 Å². The number of nitrogens with zero attached hydrogens (tertiary/aromatic N) is 1. The van der Waals surface area contributed by atoms with E-state index in [-0.39, 0.29) is 24.8 Å². The molecule has 0 amide bonds. The van der Waals surface area contributed by atoms with Gasteiger partial charge in [-0.2, -0.15) is 13.2 Å². The van der Waals surface area contributed by atoms with Crippen LogP contribution in [0.1, 0.15) is 11.1 Å². The second-order valence-electron chi connectivity index (χ2n) is 4.65. The molecule has 1 unspecified atom stereocenters. The van der Waals surface area contributed by atoms with Crippen molar-refractivity contribution in [3.05, 3.63) is 29.3 Å². The molecule has 1 fully saturated rings. The normalized spacial score (nSPS) is 20.2. The van der Waals surface area contributed by atoms with Crippen molar-refractivity contribution >= 4 is 5.69 Å². The van der Waals surface area contributed by atoms with Crippen LogP contribution in [-0.4, -0.2) is 37.5 Å². The zero-order valence-corrected chi connectivity index (χ0v) is 10.9. The Morgan fingerprint density at radius 1 is 1.40 bits per heavy atom. The average Bonchev–Trinajstić information content (AvgIpc) is 2.45. The average molecular weight is 290 g/mol. The predicted molar refractivity (Wildman–Crippen MR) is 68.4 cm³/mol. The Labute approximate surface area is 114 Å². The Morgan fingerprint density at radius 3 is 2.75 bits per heavy atom. The van der Waals surface area contributed by atoms with E-state index >= 15 is 0 Å². The number of aliphatic hydroxyl groups excluding tert-OH is 1. The van der Waals surface area contributed by atoms with Gasteiger partial charge in [-0.05, 0) is 23.8 Å². The molecule has 0 bridgehead atoms. The van der Waals surface area contributed by atoms with Crippen LogP contribution in [0.25, 0.3) is 0 Å². The molecule has 0 aliphatic carbocycles. The molecular formula is C13H17F3N2O2. The predicted octanol–water partition coefficient (Wildman–Crippen LogP) is 1.36. The SMILES string of the molecule is NCc1cc(N2CCOCC2CO)ccc1C(F)(F)F. The van der Waals surface area contributed by atoms with E-state index in [4.69, 9.17) is 10.5 Å². The lowest BCUT2D eigenvalue weighted by molar-refractivity contribution is -0.138. The van der Waals surface area contributed by atoms with Crippen LogP contribution in [0, 0.1) is 0 Å². The maximum absolute atomic E-state index is 12.8. The first-order chi connectivity index (χ1) is 9.47. The highest BCUT2D eigenvalue weighted by Gasteiger charge is 2.33. The third-order valence-corrected chi connectivity index (χ3v) is 3.38. The number of benzene rings is 1. The molecule has 1 aromatic rings. The number of anilines is 1. The van der Waals surface area contributed by atoms with Gasteiger partial charge in [0.2, 0.25) is 0 Å². The van der Waals surface area contributed by atoms with E-state index in [1.807, 2.05) is 4.90 Å². The topological polar surface area (TPSA) is 58.7 Å². The van der Waals surface area contributed by atoms with Crippen molar-refractivity contribution in [2.24, 2.45) is 5.73 Å². The number of rotatable bonds is 3. The second-order valence-corrected chi connectivity index (χ2v) is 4.65. The van der Waals surface area contributed by atoms with Crippen molar-refractivity contribution in [1.29, 1.82) is 0 Å². The van der Waals surface area contributed by atoms with Crippen LogP contribution in [0.2, 0.25) is 0 Å². The Balaban J connectivity index is 2.33. The van der Waals surface area contributed by atoms with Crippen molar-refractivity contribution in [2.45, 2.75) is 18.8 Å². The van der Waals surface area contributed by atoms with Crippen LogP contribution in [0.15, 0.2) is 18.2 Å². The van der Waals surface area contributed by atoms with Crippen LogP contribution < -0.4 is 10.6 Å². The van der Waals surface area contributed by atoms with Gasteiger partial charge >= 0.3 is 6.18 Å². The fraction of sp³-hybridized carbons (Fsp3) is 0.538. The number of halogens is 3. The zero-order chi connectivity index (χ0) is 14.8. The molecule has 1 atom stereocenters. The summed E-state index contributed by atoms with van der Waals surface area (Å²) in [6, 6.07) is 3.65. The Bertz CT molecular complexity index is 465. The van der Waals surface area contributed by atoms with Crippen LogP contribution in [0.3, 0.4) is 0 Å². The van der Waals surface area contributed by atoms with Crippen molar-refractivity contribution in [3.8, 4) is 0 Å². The van der Waals surface area contributed by atoms with Crippen molar-refractivity contribution in [1.82, 2.24) is 0 Å². The lowest BCUT2D eigenvalue weighted by Crippen LogP contribution is -2.47. The number of hydrogen-bond donors (Lipinski definition) is 2. The molecular weight excluding hydrogens is 273 g/mol. The second kappa shape index (κ2) is 5.99. The van der Waals surface area contributed by atoms with Gasteiger partial charge < -0.3 is 20.5 Å². The number of alkyl halides is 3. The lowest BCUT2D eigenvalue weighted by atomic mass is 10.0. The minimum atomic E-state index is -4.41. The van der Waals surface area contributed by atoms with E-state index in [2.05, 4.69) is 0 Å². The summed E-state index contributed by atoms with van der Waals surface area (Å²) in [6.07, 6.45) is -4.41. The van der Waals surface area contributed by atoms with E-state index in [1.165, 1.54) is 12.1 Å². The molecule has 7 heteroatoms. The molecule has 2 rings (SSSR count). The van der Waals surface area contributed by atoms with Gasteiger partial charge in [-0.1, -0.05) is 0 Å². The van der Waals surface area contributed by atoms with E-state index < -0.39 is 11.7 Å². The highest BCUT2D eigenvalue weighted by atomic mass is 19.4. The minimum absolute atomic E-state index is 0.0539. The molecule has 0 saturated carbocycles. The van der Waals surface area contributed by atoms with Crippen LogP contribution in [0.4, 0.5) is 18.9 Å². The maximum atomic E-state index is 12.8. The van der Waals surface area contributed by atoms with Gasteiger partial charge in [-0.25, -0.2) is 0 Å². The molecule has 0 aromatic heterocycles. The smallest absolute Gasteiger partial charge is 0.394 e. The van der Waals surface area contributed by atoms with Crippen molar-refractivity contribution in [2.75, 3.05) is 31.3 Å². The first-order valence-corrected chi connectivity index (χ1v) is 6.32. The van der Waals surface area contributed by atoms with E-state index in [1.54, 1.807) is 0 Å². The van der Waals surface area contributed by atoms with Gasteiger partial charge in [0, 0.05) is 18.8 Å². The molecule has 0 radical (unpaired) electrons. The molecule has 112 valence electrons. The maximum Gasteiger partial charge on any atom is 0.416 e. The molecule has 1 heterocycles. The fourth-order valence-electron chi connectivity index (χ4n) is 2.35. The largest absolute Gasteiger partial charge is 0.416 e. The lowest BCUT2D eigenvalue weighted by Gasteiger charge is -2.36. The van der Waals surface area contributed by atoms with E-state index in [0.29, 0.717) is 25.4 Å². The van der Waals surface area contributed by atoms with Crippen LogP contribution in [-0.2, 0) is 17.5 Å². The van der Waals surface area contributed by atoms with Gasteiger partial charge in [0.1, 0.15) is 0 Å². The molecule has 4 nitrogen and oxygen atoms in total. The first-order valence-electron chi connectivity index (χ1n) is 6.32. The summed E-state index contributed by atoms with van der Waals surface area (Å²) in [7, 11) is 0. The van der Waals surface area contributed by atoms with Crippen LogP contribution in [0.5, 0.6) is 0 Å². The molecule has 1 aliphatic rings. The van der Waals surface area contributed by atoms with Gasteiger partial charge in [-0.3, -0.25) is 0 Å². The van der Waals surface area contributed by atoms with Gasteiger partial charge in [0.15, 0.2) is 0 Å². The summed E-state index contributed by atoms with van der Waals surface area (Å²) in [6.45, 7) is 1.07. The Kier molecular flexibility index (Phi) is 4.52. The summed E-state index contributed by atoms with van der Waals surface area (Å²) in [5, 5.41) is 9.31. The fourth-order valence-corrected chi connectivity index (χ4v) is 2.35. The third kappa shape index (κ3) is 3.05. The Morgan fingerprint density at radius 2 is 2.15 bits per heavy atom. The quantitative estimate of drug-likeness (QED) is 0.882. The number of nitrogens with two attached hydrogens (primary N) is 1. The zero-order valence-electron chi connectivity index (χ0n) is 10.9. The van der Waals surface area contributed by atoms with E-state index in [0.717, 1.165) is 6.07 Å². The first kappa shape index (κ1) is 15.1. The summed E-state index contributed by atoms with van der Waals surface area (Å²) < 4.78 is 43.7. The van der Waals surface area contributed by atoms with Crippen molar-refractivity contribution in [3.63, 3.8) is 0 Å². The number of hydrogen-bond acceptors (Lipinski definition) is 4. The number of aliphatic hydroxyl groups is 1. The van der Waals surface area contributed by atoms with Gasteiger partial charge in [0.05, 0.1) is 31.4 Å². The Hall–Kier alpha value is -1.31. The number of ether oxygens (including phenoxy) is 1. The molecule has 1 aliphatic heterocycles. The van der Waals surface area contributed by atoms with E-state index in [9.17, 15) is 18.3 Å². The highest BCUT2D eigenvalue weighted by molar-refractivity contribution is 5.53. The molecule has 20 heavy (non-hydrogen) atoms. The van der Waals surface area contributed by atoms with Crippen molar-refractivity contribution < 1.29 is 23.0 Å².